The van der Waals surface area contributed by atoms with Crippen LogP contribution in [-0.4, -0.2) is 33.5 Å². The lowest BCUT2D eigenvalue weighted by Crippen LogP contribution is -2.67. The molecule has 0 aliphatic heterocycles. The molecule has 0 aromatic heterocycles. The number of nitrogens with one attached hydrogen (secondary N) is 1. The summed E-state index contributed by atoms with van der Waals surface area (Å²) in [6.45, 7) is 14.5. The third-order valence-electron chi connectivity index (χ3n) is 12.5. The molecule has 5 heteroatoms. The fraction of sp³-hybridized carbons (Fsp3) is 0.392. The molecule has 0 saturated heterocycles. The quantitative estimate of drug-likeness (QED) is 0.0758. The molecule has 1 amide bonds. The van der Waals surface area contributed by atoms with Crippen LogP contribution in [0.1, 0.15) is 90.3 Å². The Morgan fingerprint density at radius 3 is 1.52 bits per heavy atom. The highest BCUT2D eigenvalue weighted by atomic mass is 28.4. The molecule has 1 aliphatic carbocycles. The minimum Gasteiger partial charge on any atom is -0.407 e. The molecule has 1 N–H and O–H groups in total. The normalized spacial score (nSPS) is 18.6. The Balaban J connectivity index is 1.33. The zero-order chi connectivity index (χ0) is 39.6. The van der Waals surface area contributed by atoms with Crippen molar-refractivity contribution < 1.29 is 14.0 Å². The number of rotatable bonds is 17. The van der Waals surface area contributed by atoms with E-state index >= 15 is 0 Å². The van der Waals surface area contributed by atoms with Gasteiger partial charge in [-0.15, -0.1) is 0 Å². The van der Waals surface area contributed by atoms with Crippen LogP contribution in [0.15, 0.2) is 152 Å². The number of benzene rings is 5. The standard InChI is InChI=1S/C51H63NO3Si/c1-7-42(39(2)52-40(3)53)33-34-43-35-41(36-44(43)38-55-56(50(4,5)6,48-29-19-11-20-30-48)49-31-21-12-22-32-49)37-54-51(45-23-13-8-14-24-45,46-25-15-9-16-26-46)47-27-17-10-18-28-47/h8-32,39,41-44H,7,33-38H2,1-6H3,(H,52,53)/t39-,41?,42?,43?,44?/m0/s1. The third kappa shape index (κ3) is 9.12. The maximum atomic E-state index is 12.0. The van der Waals surface area contributed by atoms with E-state index in [0.717, 1.165) is 48.8 Å². The Hall–Kier alpha value is -4.29. The van der Waals surface area contributed by atoms with Crippen LogP contribution in [0.25, 0.3) is 0 Å². The van der Waals surface area contributed by atoms with Crippen molar-refractivity contribution in [3.8, 4) is 0 Å². The molecule has 294 valence electrons. The summed E-state index contributed by atoms with van der Waals surface area (Å²) in [4.78, 5) is 12.0. The molecule has 5 atom stereocenters. The lowest BCUT2D eigenvalue weighted by molar-refractivity contribution is -0.119. The van der Waals surface area contributed by atoms with Gasteiger partial charge in [0.15, 0.2) is 0 Å². The van der Waals surface area contributed by atoms with Crippen molar-refractivity contribution in [2.75, 3.05) is 13.2 Å². The minimum atomic E-state index is -2.72. The van der Waals surface area contributed by atoms with Gasteiger partial charge in [-0.1, -0.05) is 186 Å². The summed E-state index contributed by atoms with van der Waals surface area (Å²) in [6, 6.07) is 54.4. The van der Waals surface area contributed by atoms with Gasteiger partial charge in [-0.05, 0) is 88.4 Å². The molecule has 0 spiro atoms. The van der Waals surface area contributed by atoms with E-state index in [1.807, 2.05) is 0 Å². The minimum absolute atomic E-state index is 0.0457. The van der Waals surface area contributed by atoms with Crippen molar-refractivity contribution >= 4 is 24.6 Å². The molecule has 0 bridgehead atoms. The fourth-order valence-corrected chi connectivity index (χ4v) is 14.3. The van der Waals surface area contributed by atoms with E-state index in [4.69, 9.17) is 9.16 Å². The van der Waals surface area contributed by atoms with E-state index in [1.165, 1.54) is 10.4 Å². The average molecular weight is 766 g/mol. The number of hydrogen-bond acceptors (Lipinski definition) is 3. The number of ether oxygens (including phenoxy) is 1. The summed E-state index contributed by atoms with van der Waals surface area (Å²) in [5, 5.41) is 5.75. The van der Waals surface area contributed by atoms with Crippen molar-refractivity contribution in [1.82, 2.24) is 5.32 Å². The highest BCUT2D eigenvalue weighted by Gasteiger charge is 2.51. The van der Waals surface area contributed by atoms with Gasteiger partial charge in [0.2, 0.25) is 5.91 Å². The summed E-state index contributed by atoms with van der Waals surface area (Å²) < 4.78 is 15.1. The number of carbonyl (C=O) groups is 1. The van der Waals surface area contributed by atoms with Crippen LogP contribution in [0.4, 0.5) is 0 Å². The van der Waals surface area contributed by atoms with Crippen LogP contribution in [0, 0.1) is 23.7 Å². The van der Waals surface area contributed by atoms with Crippen LogP contribution in [0.3, 0.4) is 0 Å². The molecule has 0 radical (unpaired) electrons. The predicted molar refractivity (Wildman–Crippen MR) is 235 cm³/mol. The first-order valence-electron chi connectivity index (χ1n) is 20.9. The van der Waals surface area contributed by atoms with Gasteiger partial charge in [-0.2, -0.15) is 0 Å². The van der Waals surface area contributed by atoms with E-state index < -0.39 is 13.9 Å². The van der Waals surface area contributed by atoms with Gasteiger partial charge in [0.25, 0.3) is 8.32 Å². The van der Waals surface area contributed by atoms with E-state index in [2.05, 4.69) is 192 Å². The number of carbonyl (C=O) groups excluding carboxylic acids is 1. The first-order chi connectivity index (χ1) is 27.1. The van der Waals surface area contributed by atoms with Crippen LogP contribution < -0.4 is 15.7 Å². The first kappa shape index (κ1) is 41.3. The van der Waals surface area contributed by atoms with Crippen molar-refractivity contribution in [2.45, 2.75) is 90.3 Å². The van der Waals surface area contributed by atoms with Gasteiger partial charge in [0, 0.05) is 19.6 Å². The van der Waals surface area contributed by atoms with E-state index in [0.29, 0.717) is 36.9 Å². The van der Waals surface area contributed by atoms with Gasteiger partial charge in [-0.3, -0.25) is 4.79 Å². The maximum absolute atomic E-state index is 12.0. The lowest BCUT2D eigenvalue weighted by Gasteiger charge is -2.44. The molecule has 4 unspecified atom stereocenters. The molecule has 1 saturated carbocycles. The second-order valence-corrected chi connectivity index (χ2v) is 21.5. The lowest BCUT2D eigenvalue weighted by atomic mass is 9.80. The highest BCUT2D eigenvalue weighted by molar-refractivity contribution is 6.99. The Kier molecular flexibility index (Phi) is 13.9. The second-order valence-electron chi connectivity index (χ2n) is 17.2. The molecular formula is C51H63NO3Si. The smallest absolute Gasteiger partial charge is 0.261 e. The van der Waals surface area contributed by atoms with Gasteiger partial charge in [0.1, 0.15) is 5.60 Å². The predicted octanol–water partition coefficient (Wildman–Crippen LogP) is 10.5. The Morgan fingerprint density at radius 1 is 0.679 bits per heavy atom. The molecule has 5 aromatic carbocycles. The van der Waals surface area contributed by atoms with Gasteiger partial charge in [-0.25, -0.2) is 0 Å². The number of hydrogen-bond donors (Lipinski definition) is 1. The molecular weight excluding hydrogens is 703 g/mol. The topological polar surface area (TPSA) is 47.6 Å². The maximum Gasteiger partial charge on any atom is 0.261 e. The summed E-state index contributed by atoms with van der Waals surface area (Å²) in [6.07, 6.45) is 5.37. The SMILES string of the molecule is CCC(CCC1CC(COC(c2ccccc2)(c2ccccc2)c2ccccc2)CC1CO[Si](c1ccccc1)(c1ccccc1)C(C)(C)C)[C@H](C)NC(C)=O. The Bertz CT molecular complexity index is 1780. The van der Waals surface area contributed by atoms with Gasteiger partial charge < -0.3 is 14.5 Å². The summed E-state index contributed by atoms with van der Waals surface area (Å²) in [7, 11) is -2.72. The van der Waals surface area contributed by atoms with Crippen LogP contribution in [-0.2, 0) is 19.6 Å². The van der Waals surface area contributed by atoms with Gasteiger partial charge >= 0.3 is 0 Å². The Morgan fingerprint density at radius 2 is 1.11 bits per heavy atom. The zero-order valence-corrected chi connectivity index (χ0v) is 35.5. The molecule has 6 rings (SSSR count). The average Bonchev–Trinajstić information content (AvgIpc) is 3.61. The second kappa shape index (κ2) is 18.8. The molecule has 1 aliphatic rings. The highest BCUT2D eigenvalue weighted by Crippen LogP contribution is 2.46. The summed E-state index contributed by atoms with van der Waals surface area (Å²) >= 11 is 0. The van der Waals surface area contributed by atoms with Crippen molar-refractivity contribution in [3.05, 3.63) is 168 Å². The van der Waals surface area contributed by atoms with Crippen LogP contribution in [0.5, 0.6) is 0 Å². The fourth-order valence-electron chi connectivity index (χ4n) is 9.71. The van der Waals surface area contributed by atoms with Crippen molar-refractivity contribution in [1.29, 1.82) is 0 Å². The molecule has 4 nitrogen and oxygen atoms in total. The van der Waals surface area contributed by atoms with E-state index in [9.17, 15) is 4.79 Å². The van der Waals surface area contributed by atoms with E-state index in [1.54, 1.807) is 6.92 Å². The van der Waals surface area contributed by atoms with E-state index in [-0.39, 0.29) is 17.0 Å². The van der Waals surface area contributed by atoms with Crippen molar-refractivity contribution in [2.24, 2.45) is 23.7 Å². The zero-order valence-electron chi connectivity index (χ0n) is 34.5. The molecule has 0 heterocycles. The largest absolute Gasteiger partial charge is 0.407 e. The summed E-state index contributed by atoms with van der Waals surface area (Å²) in [5.41, 5.74) is 2.66. The summed E-state index contributed by atoms with van der Waals surface area (Å²) in [5.74, 6) is 1.72. The van der Waals surface area contributed by atoms with Crippen LogP contribution in [0.2, 0.25) is 5.04 Å². The number of amides is 1. The third-order valence-corrected chi connectivity index (χ3v) is 17.5. The molecule has 56 heavy (non-hydrogen) atoms. The molecule has 5 aromatic rings. The Labute approximate surface area is 338 Å². The van der Waals surface area contributed by atoms with Gasteiger partial charge in [0.05, 0.1) is 6.61 Å². The monoisotopic (exact) mass is 765 g/mol. The van der Waals surface area contributed by atoms with Crippen molar-refractivity contribution in [3.63, 3.8) is 0 Å². The first-order valence-corrected chi connectivity index (χ1v) is 22.8. The molecule has 1 fully saturated rings. The van der Waals surface area contributed by atoms with Crippen LogP contribution >= 0.6 is 0 Å².